The molecule has 0 radical (unpaired) electrons. The highest BCUT2D eigenvalue weighted by atomic mass is 16.2. The summed E-state index contributed by atoms with van der Waals surface area (Å²) in [7, 11) is 0. The van der Waals surface area contributed by atoms with Gasteiger partial charge in [-0.2, -0.15) is 0 Å². The van der Waals surface area contributed by atoms with Crippen LogP contribution in [0.3, 0.4) is 0 Å². The number of para-hydroxylation sites is 1. The molecule has 24 heavy (non-hydrogen) atoms. The summed E-state index contributed by atoms with van der Waals surface area (Å²) in [6, 6.07) is 16.9. The molecule has 0 spiro atoms. The molecule has 0 fully saturated rings. The molecule has 1 heterocycles. The van der Waals surface area contributed by atoms with Crippen LogP contribution < -0.4 is 10.6 Å². The van der Waals surface area contributed by atoms with Crippen molar-refractivity contribution in [2.45, 2.75) is 6.92 Å². The first kappa shape index (κ1) is 15.8. The van der Waals surface area contributed by atoms with Crippen molar-refractivity contribution in [1.82, 2.24) is 15.6 Å². The van der Waals surface area contributed by atoms with Gasteiger partial charge in [0, 0.05) is 29.6 Å². The number of aryl methyl sites for hydroxylation is 1. The Labute approximate surface area is 140 Å². The summed E-state index contributed by atoms with van der Waals surface area (Å²) in [5.41, 5.74) is 3.16. The Morgan fingerprint density at radius 1 is 0.917 bits per heavy atom. The van der Waals surface area contributed by atoms with Gasteiger partial charge in [0.05, 0.1) is 0 Å². The van der Waals surface area contributed by atoms with E-state index < -0.39 is 0 Å². The number of hydrogen-bond acceptors (Lipinski definition) is 2. The lowest BCUT2D eigenvalue weighted by molar-refractivity contribution is 0.0925. The Morgan fingerprint density at radius 2 is 1.58 bits per heavy atom. The van der Waals surface area contributed by atoms with Crippen molar-refractivity contribution >= 4 is 22.7 Å². The lowest BCUT2D eigenvalue weighted by Crippen LogP contribution is -2.34. The summed E-state index contributed by atoms with van der Waals surface area (Å²) in [5, 5.41) is 6.57. The van der Waals surface area contributed by atoms with Crippen LogP contribution in [0.2, 0.25) is 0 Å². The minimum Gasteiger partial charge on any atom is -0.351 e. The van der Waals surface area contributed by atoms with Crippen LogP contribution in [0, 0.1) is 6.92 Å². The molecular weight excluding hydrogens is 302 g/mol. The molecule has 0 saturated heterocycles. The Balaban J connectivity index is 1.48. The SMILES string of the molecule is Cc1ccc(C(=O)NCCNC(=O)c2cc3ccccc3[nH]2)cc1. The van der Waals surface area contributed by atoms with E-state index in [-0.39, 0.29) is 11.8 Å². The molecule has 3 aromatic rings. The average molecular weight is 321 g/mol. The molecule has 0 aliphatic heterocycles. The van der Waals surface area contributed by atoms with Crippen molar-refractivity contribution in [2.24, 2.45) is 0 Å². The van der Waals surface area contributed by atoms with E-state index in [1.54, 1.807) is 12.1 Å². The van der Waals surface area contributed by atoms with Crippen molar-refractivity contribution < 1.29 is 9.59 Å². The Hall–Kier alpha value is -3.08. The number of aromatic amines is 1. The van der Waals surface area contributed by atoms with E-state index in [0.29, 0.717) is 24.3 Å². The predicted molar refractivity (Wildman–Crippen MR) is 94.1 cm³/mol. The standard InChI is InChI=1S/C19H19N3O2/c1-13-6-8-14(9-7-13)18(23)20-10-11-21-19(24)17-12-15-4-2-3-5-16(15)22-17/h2-9,12,22H,10-11H2,1H3,(H,20,23)(H,21,24). The van der Waals surface area contributed by atoms with Gasteiger partial charge in [-0.15, -0.1) is 0 Å². The van der Waals surface area contributed by atoms with Gasteiger partial charge in [-0.25, -0.2) is 0 Å². The second-order valence-electron chi connectivity index (χ2n) is 5.65. The minimum absolute atomic E-state index is 0.144. The van der Waals surface area contributed by atoms with Gasteiger partial charge in [0.15, 0.2) is 0 Å². The molecule has 0 unspecified atom stereocenters. The minimum atomic E-state index is -0.184. The fraction of sp³-hybridized carbons (Fsp3) is 0.158. The number of fused-ring (bicyclic) bond motifs is 1. The highest BCUT2D eigenvalue weighted by Crippen LogP contribution is 2.14. The third-order valence-electron chi connectivity index (χ3n) is 3.78. The van der Waals surface area contributed by atoms with Crippen LogP contribution in [0.15, 0.2) is 54.6 Å². The highest BCUT2D eigenvalue weighted by Gasteiger charge is 2.09. The number of amides is 2. The normalized spacial score (nSPS) is 10.5. The number of H-pyrrole nitrogens is 1. The van der Waals surface area contributed by atoms with Gasteiger partial charge in [-0.3, -0.25) is 9.59 Å². The van der Waals surface area contributed by atoms with Crippen LogP contribution in [0.4, 0.5) is 0 Å². The van der Waals surface area contributed by atoms with Crippen molar-refractivity contribution in [3.05, 3.63) is 71.4 Å². The average Bonchev–Trinajstić information content (AvgIpc) is 3.03. The van der Waals surface area contributed by atoms with Crippen LogP contribution >= 0.6 is 0 Å². The fourth-order valence-corrected chi connectivity index (χ4v) is 2.45. The van der Waals surface area contributed by atoms with Gasteiger partial charge in [0.25, 0.3) is 11.8 Å². The van der Waals surface area contributed by atoms with Crippen LogP contribution in [0.25, 0.3) is 10.9 Å². The second kappa shape index (κ2) is 7.00. The van der Waals surface area contributed by atoms with Crippen LogP contribution in [-0.4, -0.2) is 29.9 Å². The lowest BCUT2D eigenvalue weighted by Gasteiger charge is -2.06. The van der Waals surface area contributed by atoms with E-state index in [4.69, 9.17) is 0 Å². The summed E-state index contributed by atoms with van der Waals surface area (Å²) in [6.45, 7) is 2.71. The third-order valence-corrected chi connectivity index (χ3v) is 3.78. The maximum Gasteiger partial charge on any atom is 0.267 e. The summed E-state index contributed by atoms with van der Waals surface area (Å²) in [6.07, 6.45) is 0. The lowest BCUT2D eigenvalue weighted by atomic mass is 10.1. The molecule has 122 valence electrons. The monoisotopic (exact) mass is 321 g/mol. The van der Waals surface area contributed by atoms with Crippen molar-refractivity contribution in [2.75, 3.05) is 13.1 Å². The molecule has 1 aromatic heterocycles. The molecule has 3 rings (SSSR count). The molecule has 5 heteroatoms. The zero-order chi connectivity index (χ0) is 16.9. The highest BCUT2D eigenvalue weighted by molar-refractivity contribution is 5.98. The van der Waals surface area contributed by atoms with Gasteiger partial charge in [-0.1, -0.05) is 35.9 Å². The quantitative estimate of drug-likeness (QED) is 0.632. The first-order valence-electron chi connectivity index (χ1n) is 7.84. The molecule has 0 bridgehead atoms. The van der Waals surface area contributed by atoms with E-state index in [1.165, 1.54) is 0 Å². The number of rotatable bonds is 5. The van der Waals surface area contributed by atoms with Crippen molar-refractivity contribution in [3.8, 4) is 0 Å². The van der Waals surface area contributed by atoms with Crippen molar-refractivity contribution in [1.29, 1.82) is 0 Å². The first-order valence-corrected chi connectivity index (χ1v) is 7.84. The zero-order valence-corrected chi connectivity index (χ0v) is 13.4. The summed E-state index contributed by atoms with van der Waals surface area (Å²) in [4.78, 5) is 27.1. The van der Waals surface area contributed by atoms with E-state index in [0.717, 1.165) is 16.5 Å². The van der Waals surface area contributed by atoms with Gasteiger partial charge in [0.1, 0.15) is 5.69 Å². The summed E-state index contributed by atoms with van der Waals surface area (Å²) < 4.78 is 0. The smallest absolute Gasteiger partial charge is 0.267 e. The Bertz CT molecular complexity index is 833. The number of hydrogen-bond donors (Lipinski definition) is 3. The van der Waals surface area contributed by atoms with Gasteiger partial charge in [0.2, 0.25) is 0 Å². The number of carbonyl (C=O) groups is 2. The van der Waals surface area contributed by atoms with Crippen LogP contribution in [0.1, 0.15) is 26.4 Å². The second-order valence-corrected chi connectivity index (χ2v) is 5.65. The molecule has 0 aliphatic carbocycles. The predicted octanol–water partition coefficient (Wildman–Crippen LogP) is 2.64. The Kier molecular flexibility index (Phi) is 4.61. The third kappa shape index (κ3) is 3.63. The first-order chi connectivity index (χ1) is 11.6. The molecule has 2 amide bonds. The van der Waals surface area contributed by atoms with Crippen LogP contribution in [-0.2, 0) is 0 Å². The number of benzene rings is 2. The van der Waals surface area contributed by atoms with Crippen molar-refractivity contribution in [3.63, 3.8) is 0 Å². The molecule has 0 saturated carbocycles. The molecule has 0 aliphatic rings. The van der Waals surface area contributed by atoms with E-state index in [2.05, 4.69) is 15.6 Å². The molecule has 3 N–H and O–H groups in total. The van der Waals surface area contributed by atoms with Gasteiger partial charge >= 0.3 is 0 Å². The van der Waals surface area contributed by atoms with Gasteiger partial charge < -0.3 is 15.6 Å². The maximum atomic E-state index is 12.1. The molecule has 2 aromatic carbocycles. The number of aromatic nitrogens is 1. The molecule has 5 nitrogen and oxygen atoms in total. The summed E-state index contributed by atoms with van der Waals surface area (Å²) in [5.74, 6) is -0.328. The number of carbonyl (C=O) groups excluding carboxylic acids is 2. The molecule has 0 atom stereocenters. The van der Waals surface area contributed by atoms with E-state index in [1.807, 2.05) is 49.4 Å². The largest absolute Gasteiger partial charge is 0.351 e. The summed E-state index contributed by atoms with van der Waals surface area (Å²) >= 11 is 0. The topological polar surface area (TPSA) is 74.0 Å². The van der Waals surface area contributed by atoms with E-state index in [9.17, 15) is 9.59 Å². The maximum absolute atomic E-state index is 12.1. The van der Waals surface area contributed by atoms with E-state index >= 15 is 0 Å². The fourth-order valence-electron chi connectivity index (χ4n) is 2.45. The number of nitrogens with one attached hydrogen (secondary N) is 3. The Morgan fingerprint density at radius 3 is 2.29 bits per heavy atom. The molecular formula is C19H19N3O2. The zero-order valence-electron chi connectivity index (χ0n) is 13.4. The van der Waals surface area contributed by atoms with Crippen LogP contribution in [0.5, 0.6) is 0 Å². The van der Waals surface area contributed by atoms with Gasteiger partial charge in [-0.05, 0) is 31.2 Å².